The summed E-state index contributed by atoms with van der Waals surface area (Å²) in [7, 11) is 1.55. The first kappa shape index (κ1) is 14.7. The predicted molar refractivity (Wildman–Crippen MR) is 83.2 cm³/mol. The fourth-order valence-corrected chi connectivity index (χ4v) is 2.06. The first-order chi connectivity index (χ1) is 10.0. The van der Waals surface area contributed by atoms with E-state index in [0.717, 1.165) is 0 Å². The van der Waals surface area contributed by atoms with Crippen LogP contribution >= 0.6 is 0 Å². The van der Waals surface area contributed by atoms with Crippen LogP contribution in [0.5, 0.6) is 11.5 Å². The number of methoxy groups -OCH3 is 1. The summed E-state index contributed by atoms with van der Waals surface area (Å²) in [6, 6.07) is 10.2. The van der Waals surface area contributed by atoms with Crippen molar-refractivity contribution >= 4 is 17.4 Å². The molecule has 0 aliphatic heterocycles. The van der Waals surface area contributed by atoms with Gasteiger partial charge in [0, 0.05) is 5.69 Å². The maximum atomic E-state index is 12.0. The number of aryl methyl sites for hydroxylation is 2. The molecule has 5 heteroatoms. The van der Waals surface area contributed by atoms with Crippen molar-refractivity contribution < 1.29 is 14.6 Å². The van der Waals surface area contributed by atoms with E-state index in [-0.39, 0.29) is 11.8 Å². The zero-order chi connectivity index (χ0) is 15.4. The molecule has 2 rings (SSSR count). The third kappa shape index (κ3) is 3.45. The Hall–Kier alpha value is -2.69. The highest BCUT2D eigenvalue weighted by Crippen LogP contribution is 2.26. The number of carbonyl (C=O) groups is 1. The van der Waals surface area contributed by atoms with Gasteiger partial charge in [-0.3, -0.25) is 0 Å². The van der Waals surface area contributed by atoms with E-state index in [9.17, 15) is 9.90 Å². The van der Waals surface area contributed by atoms with Crippen molar-refractivity contribution in [1.82, 2.24) is 0 Å². The zero-order valence-corrected chi connectivity index (χ0v) is 12.2. The van der Waals surface area contributed by atoms with Crippen molar-refractivity contribution in [1.29, 1.82) is 0 Å². The van der Waals surface area contributed by atoms with Crippen LogP contribution in [0.15, 0.2) is 36.4 Å². The minimum Gasteiger partial charge on any atom is -0.507 e. The van der Waals surface area contributed by atoms with E-state index in [1.54, 1.807) is 45.2 Å². The molecule has 2 aromatic rings. The van der Waals surface area contributed by atoms with Gasteiger partial charge in [0.25, 0.3) is 0 Å². The number of hydrogen-bond donors (Lipinski definition) is 3. The number of rotatable bonds is 3. The number of anilines is 2. The zero-order valence-electron chi connectivity index (χ0n) is 12.2. The van der Waals surface area contributed by atoms with Gasteiger partial charge in [0.1, 0.15) is 11.5 Å². The topological polar surface area (TPSA) is 70.6 Å². The lowest BCUT2D eigenvalue weighted by atomic mass is 10.1. The Morgan fingerprint density at radius 3 is 2.33 bits per heavy atom. The number of urea groups is 1. The highest BCUT2D eigenvalue weighted by Gasteiger charge is 2.09. The molecule has 5 nitrogen and oxygen atoms in total. The molecule has 0 aromatic heterocycles. The number of nitrogens with one attached hydrogen (secondary N) is 2. The van der Waals surface area contributed by atoms with Gasteiger partial charge in [0.15, 0.2) is 0 Å². The minimum absolute atomic E-state index is 0.241. The van der Waals surface area contributed by atoms with Gasteiger partial charge in [-0.05, 0) is 49.2 Å². The Kier molecular flexibility index (Phi) is 4.33. The highest BCUT2D eigenvalue weighted by molar-refractivity contribution is 6.00. The summed E-state index contributed by atoms with van der Waals surface area (Å²) in [6.45, 7) is 3.57. The summed E-state index contributed by atoms with van der Waals surface area (Å²) in [6.07, 6.45) is 0. The Bertz CT molecular complexity index is 645. The molecule has 21 heavy (non-hydrogen) atoms. The van der Waals surface area contributed by atoms with Crippen LogP contribution < -0.4 is 15.4 Å². The van der Waals surface area contributed by atoms with Crippen LogP contribution in [-0.4, -0.2) is 18.2 Å². The first-order valence-electron chi connectivity index (χ1n) is 6.52. The molecule has 0 spiro atoms. The van der Waals surface area contributed by atoms with Crippen LogP contribution in [0.1, 0.15) is 11.1 Å². The number of para-hydroxylation sites is 2. The molecule has 0 aliphatic rings. The van der Waals surface area contributed by atoms with E-state index < -0.39 is 0 Å². The third-order valence-corrected chi connectivity index (χ3v) is 3.10. The molecule has 0 saturated heterocycles. The third-order valence-electron chi connectivity index (χ3n) is 3.10. The van der Waals surface area contributed by atoms with Crippen LogP contribution in [0, 0.1) is 13.8 Å². The molecule has 0 aliphatic carbocycles. The lowest BCUT2D eigenvalue weighted by Crippen LogP contribution is -2.19. The standard InChI is InChI=1S/C16H18N2O3/c1-10-8-12(9-11(2)15(10)19)17-16(20)18-13-6-4-5-7-14(13)21-3/h4-9,19H,1-3H3,(H2,17,18,20). The molecule has 3 N–H and O–H groups in total. The molecule has 0 fully saturated rings. The number of amides is 2. The lowest BCUT2D eigenvalue weighted by molar-refractivity contribution is 0.262. The van der Waals surface area contributed by atoms with Crippen molar-refractivity contribution in [3.8, 4) is 11.5 Å². The second kappa shape index (κ2) is 6.17. The molecule has 0 radical (unpaired) electrons. The van der Waals surface area contributed by atoms with Crippen LogP contribution in [0.3, 0.4) is 0 Å². The largest absolute Gasteiger partial charge is 0.507 e. The number of carbonyl (C=O) groups excluding carboxylic acids is 1. The van der Waals surface area contributed by atoms with Gasteiger partial charge in [0.2, 0.25) is 0 Å². The molecule has 110 valence electrons. The number of aromatic hydroxyl groups is 1. The maximum Gasteiger partial charge on any atom is 0.323 e. The summed E-state index contributed by atoms with van der Waals surface area (Å²) in [4.78, 5) is 12.0. The molecule has 0 heterocycles. The molecule has 2 amide bonds. The minimum atomic E-state index is -0.371. The van der Waals surface area contributed by atoms with Crippen LogP contribution in [0.25, 0.3) is 0 Å². The second-order valence-electron chi connectivity index (χ2n) is 4.74. The summed E-state index contributed by atoms with van der Waals surface area (Å²) in [5, 5.41) is 15.2. The van der Waals surface area contributed by atoms with Crippen molar-refractivity contribution in [3.05, 3.63) is 47.5 Å². The number of benzene rings is 2. The molecule has 0 bridgehead atoms. The van der Waals surface area contributed by atoms with E-state index >= 15 is 0 Å². The van der Waals surface area contributed by atoms with Crippen molar-refractivity contribution in [2.45, 2.75) is 13.8 Å². The molecule has 2 aromatic carbocycles. The molecular weight excluding hydrogens is 268 g/mol. The van der Waals surface area contributed by atoms with Crippen molar-refractivity contribution in [2.75, 3.05) is 17.7 Å². The highest BCUT2D eigenvalue weighted by atomic mass is 16.5. The fraction of sp³-hybridized carbons (Fsp3) is 0.188. The maximum absolute atomic E-state index is 12.0. The fourth-order valence-electron chi connectivity index (χ4n) is 2.06. The number of phenolic OH excluding ortho intramolecular Hbond substituents is 1. The van der Waals surface area contributed by atoms with Gasteiger partial charge in [-0.2, -0.15) is 0 Å². The molecule has 0 unspecified atom stereocenters. The smallest absolute Gasteiger partial charge is 0.323 e. The summed E-state index contributed by atoms with van der Waals surface area (Å²) < 4.78 is 5.17. The average Bonchev–Trinajstić information content (AvgIpc) is 2.45. The van der Waals surface area contributed by atoms with E-state index in [0.29, 0.717) is 28.3 Å². The second-order valence-corrected chi connectivity index (χ2v) is 4.74. The van der Waals surface area contributed by atoms with Gasteiger partial charge < -0.3 is 20.5 Å². The van der Waals surface area contributed by atoms with Crippen LogP contribution in [-0.2, 0) is 0 Å². The Morgan fingerprint density at radius 1 is 1.10 bits per heavy atom. The first-order valence-corrected chi connectivity index (χ1v) is 6.52. The SMILES string of the molecule is COc1ccccc1NC(=O)Nc1cc(C)c(O)c(C)c1. The lowest BCUT2D eigenvalue weighted by Gasteiger charge is -2.12. The Balaban J connectivity index is 2.12. The monoisotopic (exact) mass is 286 g/mol. The van der Waals surface area contributed by atoms with Gasteiger partial charge in [-0.1, -0.05) is 12.1 Å². The van der Waals surface area contributed by atoms with Crippen LogP contribution in [0.2, 0.25) is 0 Å². The van der Waals surface area contributed by atoms with E-state index in [2.05, 4.69) is 10.6 Å². The normalized spacial score (nSPS) is 10.0. The Morgan fingerprint density at radius 2 is 1.71 bits per heavy atom. The summed E-state index contributed by atoms with van der Waals surface area (Å²) in [5.41, 5.74) is 2.63. The predicted octanol–water partition coefficient (Wildman–Crippen LogP) is 3.66. The van der Waals surface area contributed by atoms with Gasteiger partial charge in [-0.15, -0.1) is 0 Å². The van der Waals surface area contributed by atoms with Gasteiger partial charge >= 0.3 is 6.03 Å². The van der Waals surface area contributed by atoms with E-state index in [1.165, 1.54) is 0 Å². The average molecular weight is 286 g/mol. The molecule has 0 atom stereocenters. The molecule has 0 saturated carbocycles. The number of phenols is 1. The quantitative estimate of drug-likeness (QED) is 0.754. The van der Waals surface area contributed by atoms with Crippen molar-refractivity contribution in [3.63, 3.8) is 0 Å². The van der Waals surface area contributed by atoms with Gasteiger partial charge in [-0.25, -0.2) is 4.79 Å². The number of ether oxygens (including phenoxy) is 1. The Labute approximate surface area is 123 Å². The number of hydrogen-bond acceptors (Lipinski definition) is 3. The molecular formula is C16H18N2O3. The van der Waals surface area contributed by atoms with Gasteiger partial charge in [0.05, 0.1) is 12.8 Å². The van der Waals surface area contributed by atoms with E-state index in [1.807, 2.05) is 12.1 Å². The van der Waals surface area contributed by atoms with E-state index in [4.69, 9.17) is 4.74 Å². The van der Waals surface area contributed by atoms with Crippen LogP contribution in [0.4, 0.5) is 16.2 Å². The van der Waals surface area contributed by atoms with Crippen molar-refractivity contribution in [2.24, 2.45) is 0 Å². The summed E-state index contributed by atoms with van der Waals surface area (Å²) >= 11 is 0. The summed E-state index contributed by atoms with van der Waals surface area (Å²) in [5.74, 6) is 0.830.